The molecule has 0 unspecified atom stereocenters. The van der Waals surface area contributed by atoms with Crippen LogP contribution in [-0.2, 0) is 19.4 Å². The predicted molar refractivity (Wildman–Crippen MR) is 99.9 cm³/mol. The third-order valence-electron chi connectivity index (χ3n) is 4.29. The number of ether oxygens (including phenoxy) is 1. The zero-order chi connectivity index (χ0) is 18.9. The molecular formula is C16H18BrN3O5S. The fourth-order valence-corrected chi connectivity index (χ4v) is 5.01. The quantitative estimate of drug-likeness (QED) is 0.759. The molecule has 1 fully saturated rings. The summed E-state index contributed by atoms with van der Waals surface area (Å²) in [5, 5.41) is 8.06. The van der Waals surface area contributed by atoms with Crippen molar-refractivity contribution in [2.24, 2.45) is 5.10 Å². The van der Waals surface area contributed by atoms with Crippen LogP contribution in [0.4, 0.5) is 5.69 Å². The van der Waals surface area contributed by atoms with Gasteiger partial charge in [-0.05, 0) is 24.6 Å². The molecule has 2 heterocycles. The molecule has 0 saturated carbocycles. The summed E-state index contributed by atoms with van der Waals surface area (Å²) in [7, 11) is -1.66. The Bertz CT molecular complexity index is 884. The highest BCUT2D eigenvalue weighted by Crippen LogP contribution is 2.28. The molecule has 26 heavy (non-hydrogen) atoms. The Morgan fingerprint density at radius 3 is 2.81 bits per heavy atom. The Morgan fingerprint density at radius 2 is 2.15 bits per heavy atom. The van der Waals surface area contributed by atoms with Gasteiger partial charge in [0.2, 0.25) is 5.91 Å². The second-order valence-electron chi connectivity index (χ2n) is 6.14. The minimum atomic E-state index is -3.15. The number of halogens is 1. The molecule has 0 aliphatic carbocycles. The molecule has 2 aliphatic heterocycles. The predicted octanol–water partition coefficient (Wildman–Crippen LogP) is 1.56. The summed E-state index contributed by atoms with van der Waals surface area (Å²) in [6.07, 6.45) is 0.668. The summed E-state index contributed by atoms with van der Waals surface area (Å²) < 4.78 is 29.3. The molecule has 1 saturated heterocycles. The molecule has 1 atom stereocenters. The van der Waals surface area contributed by atoms with Gasteiger partial charge < -0.3 is 10.1 Å². The number of hydrogen-bond donors (Lipinski definition) is 1. The van der Waals surface area contributed by atoms with E-state index in [1.165, 1.54) is 12.1 Å². The lowest BCUT2D eigenvalue weighted by Crippen LogP contribution is -2.42. The molecule has 2 aliphatic rings. The average molecular weight is 444 g/mol. The molecule has 2 amide bonds. The van der Waals surface area contributed by atoms with Crippen LogP contribution < -0.4 is 10.1 Å². The van der Waals surface area contributed by atoms with Crippen molar-refractivity contribution in [1.82, 2.24) is 5.01 Å². The molecule has 1 N–H and O–H groups in total. The molecular weight excluding hydrogens is 426 g/mol. The van der Waals surface area contributed by atoms with Crippen LogP contribution in [0.25, 0.3) is 0 Å². The zero-order valence-electron chi connectivity index (χ0n) is 14.1. The highest BCUT2D eigenvalue weighted by Gasteiger charge is 2.37. The van der Waals surface area contributed by atoms with E-state index in [0.717, 1.165) is 4.47 Å². The van der Waals surface area contributed by atoms with Crippen LogP contribution in [0.2, 0.25) is 0 Å². The van der Waals surface area contributed by atoms with Crippen LogP contribution in [0, 0.1) is 0 Å². The number of benzene rings is 1. The lowest BCUT2D eigenvalue weighted by molar-refractivity contribution is -0.133. The van der Waals surface area contributed by atoms with E-state index in [0.29, 0.717) is 17.9 Å². The first kappa shape index (κ1) is 18.8. The van der Waals surface area contributed by atoms with Crippen LogP contribution >= 0.6 is 15.9 Å². The maximum Gasteiger partial charge on any atom is 0.271 e. The molecule has 0 radical (unpaired) electrons. The maximum absolute atomic E-state index is 12.6. The molecule has 8 nitrogen and oxygen atoms in total. The van der Waals surface area contributed by atoms with Crippen LogP contribution in [0.5, 0.6) is 5.75 Å². The van der Waals surface area contributed by atoms with Crippen LogP contribution in [0.3, 0.4) is 0 Å². The molecule has 0 aromatic heterocycles. The lowest BCUT2D eigenvalue weighted by atomic mass is 10.1. The number of amides is 2. The van der Waals surface area contributed by atoms with Crippen molar-refractivity contribution in [3.63, 3.8) is 0 Å². The van der Waals surface area contributed by atoms with Crippen LogP contribution in [0.1, 0.15) is 19.3 Å². The summed E-state index contributed by atoms with van der Waals surface area (Å²) >= 11 is 3.34. The molecule has 0 spiro atoms. The number of hydrogen-bond acceptors (Lipinski definition) is 6. The van der Waals surface area contributed by atoms with E-state index < -0.39 is 21.8 Å². The number of nitrogens with zero attached hydrogens (tertiary/aromatic N) is 2. The van der Waals surface area contributed by atoms with Gasteiger partial charge >= 0.3 is 0 Å². The highest BCUT2D eigenvalue weighted by molar-refractivity contribution is 9.10. The summed E-state index contributed by atoms with van der Waals surface area (Å²) in [5.74, 6) is -0.291. The zero-order valence-corrected chi connectivity index (χ0v) is 16.5. The van der Waals surface area contributed by atoms with Crippen molar-refractivity contribution in [2.75, 3.05) is 23.9 Å². The van der Waals surface area contributed by atoms with E-state index in [4.69, 9.17) is 4.74 Å². The minimum Gasteiger partial charge on any atom is -0.495 e. The number of nitrogens with one attached hydrogen (secondary N) is 1. The van der Waals surface area contributed by atoms with E-state index >= 15 is 0 Å². The summed E-state index contributed by atoms with van der Waals surface area (Å²) in [6, 6.07) is 4.69. The molecule has 0 bridgehead atoms. The van der Waals surface area contributed by atoms with Gasteiger partial charge in [-0.25, -0.2) is 13.4 Å². The second-order valence-corrected chi connectivity index (χ2v) is 9.28. The Morgan fingerprint density at radius 1 is 1.38 bits per heavy atom. The van der Waals surface area contributed by atoms with Gasteiger partial charge in [0.05, 0.1) is 30.3 Å². The Balaban J connectivity index is 1.80. The topological polar surface area (TPSA) is 105 Å². The number of rotatable bonds is 4. The van der Waals surface area contributed by atoms with Gasteiger partial charge in [0.15, 0.2) is 9.84 Å². The molecule has 1 aromatic carbocycles. The second kappa shape index (κ2) is 7.36. The fourth-order valence-electron chi connectivity index (χ4n) is 2.96. The number of anilines is 1. The normalized spacial score (nSPS) is 22.1. The summed E-state index contributed by atoms with van der Waals surface area (Å²) in [4.78, 5) is 24.7. The SMILES string of the molecule is COc1ccc(Br)cc1NC(=O)C1=NN([C@@H]2CCS(=O)(=O)C2)C(=O)CC1. The minimum absolute atomic E-state index is 0.0355. The van der Waals surface area contributed by atoms with E-state index in [9.17, 15) is 18.0 Å². The van der Waals surface area contributed by atoms with E-state index in [1.54, 1.807) is 18.2 Å². The number of carbonyl (C=O) groups excluding carboxylic acids is 2. The first-order chi connectivity index (χ1) is 12.3. The monoisotopic (exact) mass is 443 g/mol. The standard InChI is InChI=1S/C16H18BrN3O5S/c1-25-14-4-2-10(17)8-13(14)18-16(22)12-3-5-15(21)20(19-12)11-6-7-26(23,24)9-11/h2,4,8,11H,3,5-7,9H2,1H3,(H,18,22)/t11-/m1/s1. The Hall–Kier alpha value is -1.94. The number of carbonyl (C=O) groups is 2. The van der Waals surface area contributed by atoms with Gasteiger partial charge in [-0.15, -0.1) is 0 Å². The van der Waals surface area contributed by atoms with Crippen molar-refractivity contribution >= 4 is 49.0 Å². The van der Waals surface area contributed by atoms with Gasteiger partial charge in [-0.2, -0.15) is 5.10 Å². The summed E-state index contributed by atoms with van der Waals surface area (Å²) in [6.45, 7) is 0. The third kappa shape index (κ3) is 4.07. The van der Waals surface area contributed by atoms with Crippen molar-refractivity contribution < 1.29 is 22.7 Å². The third-order valence-corrected chi connectivity index (χ3v) is 6.53. The van der Waals surface area contributed by atoms with Gasteiger partial charge in [-0.3, -0.25) is 9.59 Å². The Kier molecular flexibility index (Phi) is 5.33. The molecule has 10 heteroatoms. The van der Waals surface area contributed by atoms with E-state index in [-0.39, 0.29) is 36.0 Å². The fraction of sp³-hybridized carbons (Fsp3) is 0.438. The number of sulfone groups is 1. The van der Waals surface area contributed by atoms with Gasteiger partial charge in [0, 0.05) is 17.3 Å². The van der Waals surface area contributed by atoms with E-state index in [1.807, 2.05) is 0 Å². The van der Waals surface area contributed by atoms with Crippen molar-refractivity contribution in [1.29, 1.82) is 0 Å². The molecule has 140 valence electrons. The first-order valence-electron chi connectivity index (χ1n) is 8.04. The number of methoxy groups -OCH3 is 1. The summed E-state index contributed by atoms with van der Waals surface area (Å²) in [5.41, 5.74) is 0.664. The first-order valence-corrected chi connectivity index (χ1v) is 10.7. The maximum atomic E-state index is 12.6. The average Bonchev–Trinajstić information content (AvgIpc) is 2.95. The largest absolute Gasteiger partial charge is 0.495 e. The lowest BCUT2D eigenvalue weighted by Gasteiger charge is -2.27. The van der Waals surface area contributed by atoms with Crippen LogP contribution in [-0.4, -0.2) is 55.6 Å². The molecule has 3 rings (SSSR count). The van der Waals surface area contributed by atoms with E-state index in [2.05, 4.69) is 26.3 Å². The highest BCUT2D eigenvalue weighted by atomic mass is 79.9. The van der Waals surface area contributed by atoms with Crippen LogP contribution in [0.15, 0.2) is 27.8 Å². The van der Waals surface area contributed by atoms with Crippen molar-refractivity contribution in [3.05, 3.63) is 22.7 Å². The van der Waals surface area contributed by atoms with Crippen molar-refractivity contribution in [3.8, 4) is 5.75 Å². The van der Waals surface area contributed by atoms with Gasteiger partial charge in [0.1, 0.15) is 11.5 Å². The number of hydrazone groups is 1. The smallest absolute Gasteiger partial charge is 0.271 e. The van der Waals surface area contributed by atoms with Gasteiger partial charge in [0.25, 0.3) is 5.91 Å². The Labute approximate surface area is 159 Å². The molecule has 1 aromatic rings. The van der Waals surface area contributed by atoms with Crippen molar-refractivity contribution in [2.45, 2.75) is 25.3 Å². The van der Waals surface area contributed by atoms with Gasteiger partial charge in [-0.1, -0.05) is 15.9 Å².